The molecule has 0 aromatic rings. The normalized spacial score (nSPS) is 11.4. The highest BCUT2D eigenvalue weighted by atomic mass is 16.6. The van der Waals surface area contributed by atoms with E-state index < -0.39 is 23.5 Å². The van der Waals surface area contributed by atoms with E-state index in [2.05, 4.69) is 0 Å². The van der Waals surface area contributed by atoms with Gasteiger partial charge >= 0.3 is 11.9 Å². The number of hydrogen-bond acceptors (Lipinski definition) is 5. The molecule has 17 heavy (non-hydrogen) atoms. The lowest BCUT2D eigenvalue weighted by Crippen LogP contribution is -2.47. The number of rotatable bonds is 7. The van der Waals surface area contributed by atoms with Gasteiger partial charge in [-0.25, -0.2) is 0 Å². The first-order valence-corrected chi connectivity index (χ1v) is 6.02. The Morgan fingerprint density at radius 2 is 1.35 bits per heavy atom. The molecule has 5 heteroatoms. The molecule has 0 aliphatic carbocycles. The van der Waals surface area contributed by atoms with E-state index in [9.17, 15) is 14.7 Å². The Labute approximate surface area is 102 Å². The molecule has 0 aliphatic rings. The molecule has 1 N–H and O–H groups in total. The Hall–Kier alpha value is -1.10. The van der Waals surface area contributed by atoms with Gasteiger partial charge < -0.3 is 14.6 Å². The van der Waals surface area contributed by atoms with Crippen molar-refractivity contribution >= 4 is 11.9 Å². The van der Waals surface area contributed by atoms with Crippen LogP contribution >= 0.6 is 0 Å². The SMILES string of the molecule is CCOC(=O)C(C(=O)OCC)C(O)(CC)CC. The highest BCUT2D eigenvalue weighted by Gasteiger charge is 2.46. The summed E-state index contributed by atoms with van der Waals surface area (Å²) in [6, 6.07) is 0. The minimum atomic E-state index is -1.40. The topological polar surface area (TPSA) is 72.8 Å². The molecular weight excluding hydrogens is 224 g/mol. The van der Waals surface area contributed by atoms with Crippen molar-refractivity contribution in [3.63, 3.8) is 0 Å². The van der Waals surface area contributed by atoms with Gasteiger partial charge in [-0.1, -0.05) is 13.8 Å². The molecule has 0 spiro atoms. The Kier molecular flexibility index (Phi) is 6.80. The van der Waals surface area contributed by atoms with Crippen molar-refractivity contribution in [3.8, 4) is 0 Å². The van der Waals surface area contributed by atoms with E-state index in [-0.39, 0.29) is 26.1 Å². The van der Waals surface area contributed by atoms with Crippen LogP contribution in [0, 0.1) is 5.92 Å². The van der Waals surface area contributed by atoms with E-state index in [1.807, 2.05) is 0 Å². The molecule has 5 nitrogen and oxygen atoms in total. The minimum absolute atomic E-state index is 0.165. The van der Waals surface area contributed by atoms with Crippen LogP contribution in [0.1, 0.15) is 40.5 Å². The van der Waals surface area contributed by atoms with Gasteiger partial charge in [-0.2, -0.15) is 0 Å². The fourth-order valence-electron chi connectivity index (χ4n) is 1.64. The fraction of sp³-hybridized carbons (Fsp3) is 0.833. The molecule has 0 saturated heterocycles. The summed E-state index contributed by atoms with van der Waals surface area (Å²) >= 11 is 0. The van der Waals surface area contributed by atoms with Crippen LogP contribution in [-0.4, -0.2) is 35.9 Å². The van der Waals surface area contributed by atoms with Crippen molar-refractivity contribution in [2.24, 2.45) is 5.92 Å². The average molecular weight is 246 g/mol. The van der Waals surface area contributed by atoms with Crippen LogP contribution in [0.3, 0.4) is 0 Å². The largest absolute Gasteiger partial charge is 0.465 e. The summed E-state index contributed by atoms with van der Waals surface area (Å²) in [4.78, 5) is 23.5. The third-order valence-corrected chi connectivity index (χ3v) is 2.81. The lowest BCUT2D eigenvalue weighted by molar-refractivity contribution is -0.175. The summed E-state index contributed by atoms with van der Waals surface area (Å²) in [5.41, 5.74) is -1.40. The van der Waals surface area contributed by atoms with Crippen LogP contribution < -0.4 is 0 Å². The van der Waals surface area contributed by atoms with Gasteiger partial charge in [0.15, 0.2) is 5.92 Å². The molecule has 0 aromatic heterocycles. The van der Waals surface area contributed by atoms with Crippen LogP contribution in [0.2, 0.25) is 0 Å². The zero-order valence-electron chi connectivity index (χ0n) is 11.0. The maximum absolute atomic E-state index is 11.7. The zero-order valence-corrected chi connectivity index (χ0v) is 11.0. The molecule has 0 rings (SSSR count). The first-order chi connectivity index (χ1) is 7.96. The Bertz CT molecular complexity index is 240. The predicted octanol–water partition coefficient (Wildman–Crippen LogP) is 1.28. The van der Waals surface area contributed by atoms with Crippen LogP contribution in [0.4, 0.5) is 0 Å². The summed E-state index contributed by atoms with van der Waals surface area (Å²) in [7, 11) is 0. The number of aliphatic hydroxyl groups is 1. The number of carbonyl (C=O) groups excluding carboxylic acids is 2. The van der Waals surface area contributed by atoms with Crippen LogP contribution in [0.15, 0.2) is 0 Å². The molecule has 0 atom stereocenters. The van der Waals surface area contributed by atoms with E-state index in [1.165, 1.54) is 0 Å². The van der Waals surface area contributed by atoms with Crippen molar-refractivity contribution in [1.29, 1.82) is 0 Å². The van der Waals surface area contributed by atoms with Crippen LogP contribution in [0.25, 0.3) is 0 Å². The van der Waals surface area contributed by atoms with Gasteiger partial charge in [-0.3, -0.25) is 9.59 Å². The van der Waals surface area contributed by atoms with Gasteiger partial charge in [0.1, 0.15) is 0 Å². The first kappa shape index (κ1) is 15.9. The molecule has 100 valence electrons. The minimum Gasteiger partial charge on any atom is -0.465 e. The smallest absolute Gasteiger partial charge is 0.323 e. The van der Waals surface area contributed by atoms with Crippen molar-refractivity contribution in [2.75, 3.05) is 13.2 Å². The van der Waals surface area contributed by atoms with Gasteiger partial charge in [0.25, 0.3) is 0 Å². The van der Waals surface area contributed by atoms with Gasteiger partial charge in [0.2, 0.25) is 0 Å². The summed E-state index contributed by atoms with van der Waals surface area (Å²) in [5, 5.41) is 10.3. The first-order valence-electron chi connectivity index (χ1n) is 6.02. The molecular formula is C12H22O5. The van der Waals surface area contributed by atoms with E-state index in [4.69, 9.17) is 9.47 Å². The molecule has 0 amide bonds. The molecule has 0 radical (unpaired) electrons. The van der Waals surface area contributed by atoms with E-state index >= 15 is 0 Å². The van der Waals surface area contributed by atoms with Gasteiger partial charge in [0, 0.05) is 0 Å². The monoisotopic (exact) mass is 246 g/mol. The lowest BCUT2D eigenvalue weighted by atomic mass is 9.82. The highest BCUT2D eigenvalue weighted by molar-refractivity contribution is 5.96. The maximum Gasteiger partial charge on any atom is 0.323 e. The van der Waals surface area contributed by atoms with Crippen molar-refractivity contribution < 1.29 is 24.2 Å². The maximum atomic E-state index is 11.7. The average Bonchev–Trinajstić information content (AvgIpc) is 2.29. The van der Waals surface area contributed by atoms with Crippen LogP contribution in [0.5, 0.6) is 0 Å². The van der Waals surface area contributed by atoms with Crippen molar-refractivity contribution in [1.82, 2.24) is 0 Å². The molecule has 0 unspecified atom stereocenters. The van der Waals surface area contributed by atoms with Gasteiger partial charge in [-0.15, -0.1) is 0 Å². The molecule has 0 saturated carbocycles. The number of hydrogen-bond donors (Lipinski definition) is 1. The van der Waals surface area contributed by atoms with E-state index in [0.29, 0.717) is 0 Å². The lowest BCUT2D eigenvalue weighted by Gasteiger charge is -2.31. The third-order valence-electron chi connectivity index (χ3n) is 2.81. The van der Waals surface area contributed by atoms with Crippen LogP contribution in [-0.2, 0) is 19.1 Å². The van der Waals surface area contributed by atoms with Gasteiger partial charge in [-0.05, 0) is 26.7 Å². The van der Waals surface area contributed by atoms with Gasteiger partial charge in [0.05, 0.1) is 18.8 Å². The summed E-state index contributed by atoms with van der Waals surface area (Å²) in [5.74, 6) is -2.72. The standard InChI is InChI=1S/C12H22O5/c1-5-12(15,6-2)9(10(13)16-7-3)11(14)17-8-4/h9,15H,5-8H2,1-4H3. The second-order valence-electron chi connectivity index (χ2n) is 3.75. The zero-order chi connectivity index (χ0) is 13.5. The third kappa shape index (κ3) is 4.00. The van der Waals surface area contributed by atoms with E-state index in [1.54, 1.807) is 27.7 Å². The number of ether oxygens (including phenoxy) is 2. The molecule has 0 fully saturated rings. The molecule has 0 heterocycles. The number of esters is 2. The van der Waals surface area contributed by atoms with Crippen molar-refractivity contribution in [2.45, 2.75) is 46.1 Å². The second-order valence-corrected chi connectivity index (χ2v) is 3.75. The molecule has 0 bridgehead atoms. The van der Waals surface area contributed by atoms with E-state index in [0.717, 1.165) is 0 Å². The summed E-state index contributed by atoms with van der Waals surface area (Å²) in [6.07, 6.45) is 0.567. The quantitative estimate of drug-likeness (QED) is 0.541. The molecule has 0 aromatic carbocycles. The highest BCUT2D eigenvalue weighted by Crippen LogP contribution is 2.27. The number of carbonyl (C=O) groups is 2. The predicted molar refractivity (Wildman–Crippen MR) is 62.3 cm³/mol. The molecule has 0 aliphatic heterocycles. The Morgan fingerprint density at radius 1 is 1.00 bits per heavy atom. The summed E-state index contributed by atoms with van der Waals surface area (Å²) < 4.78 is 9.64. The Morgan fingerprint density at radius 3 is 1.59 bits per heavy atom. The van der Waals surface area contributed by atoms with Crippen molar-refractivity contribution in [3.05, 3.63) is 0 Å². The Balaban J connectivity index is 5.08. The summed E-state index contributed by atoms with van der Waals surface area (Å²) in [6.45, 7) is 7.06. The second kappa shape index (κ2) is 7.27. The fourth-order valence-corrected chi connectivity index (χ4v) is 1.64.